The van der Waals surface area contributed by atoms with E-state index in [-0.39, 0.29) is 0 Å². The van der Waals surface area contributed by atoms with Gasteiger partial charge in [-0.2, -0.15) is 4.68 Å². The molecule has 4 aromatic rings. The first-order valence-electron chi connectivity index (χ1n) is 7.73. The average Bonchev–Trinajstić information content (AvgIpc) is 3.28. The van der Waals surface area contributed by atoms with E-state index in [9.17, 15) is 0 Å². The van der Waals surface area contributed by atoms with E-state index in [1.54, 1.807) is 11.8 Å². The Morgan fingerprint density at radius 3 is 2.69 bits per heavy atom. The SMILES string of the molecule is COc1ccc(-n2nnc(-c3nc(-c4cccc(Br)c4)cs3)c2N)cc1. The Kier molecular flexibility index (Phi) is 4.44. The summed E-state index contributed by atoms with van der Waals surface area (Å²) in [6.45, 7) is 0. The quantitative estimate of drug-likeness (QED) is 0.521. The van der Waals surface area contributed by atoms with Gasteiger partial charge in [-0.15, -0.1) is 16.4 Å². The van der Waals surface area contributed by atoms with Crippen molar-refractivity contribution in [3.05, 3.63) is 58.4 Å². The van der Waals surface area contributed by atoms with Crippen LogP contribution in [0, 0.1) is 0 Å². The summed E-state index contributed by atoms with van der Waals surface area (Å²) in [5, 5.41) is 11.1. The fourth-order valence-electron chi connectivity index (χ4n) is 2.52. The van der Waals surface area contributed by atoms with Crippen LogP contribution in [0.2, 0.25) is 0 Å². The maximum atomic E-state index is 6.28. The highest BCUT2D eigenvalue weighted by Crippen LogP contribution is 2.32. The van der Waals surface area contributed by atoms with Gasteiger partial charge in [0.15, 0.2) is 11.5 Å². The molecule has 2 aromatic carbocycles. The molecule has 0 aliphatic rings. The first-order valence-corrected chi connectivity index (χ1v) is 9.40. The molecule has 0 fully saturated rings. The third-order valence-corrected chi connectivity index (χ3v) is 5.19. The number of methoxy groups -OCH3 is 1. The van der Waals surface area contributed by atoms with Crippen LogP contribution in [0.15, 0.2) is 58.4 Å². The molecule has 130 valence electrons. The van der Waals surface area contributed by atoms with E-state index in [1.807, 2.05) is 53.9 Å². The molecule has 4 rings (SSSR count). The van der Waals surface area contributed by atoms with Gasteiger partial charge in [0.05, 0.1) is 18.5 Å². The van der Waals surface area contributed by atoms with Crippen molar-refractivity contribution in [2.75, 3.05) is 12.8 Å². The van der Waals surface area contributed by atoms with Gasteiger partial charge in [0.1, 0.15) is 10.8 Å². The normalized spacial score (nSPS) is 10.8. The fraction of sp³-hybridized carbons (Fsp3) is 0.0556. The van der Waals surface area contributed by atoms with Crippen molar-refractivity contribution >= 4 is 33.1 Å². The summed E-state index contributed by atoms with van der Waals surface area (Å²) >= 11 is 4.97. The fourth-order valence-corrected chi connectivity index (χ4v) is 3.74. The van der Waals surface area contributed by atoms with Gasteiger partial charge in [0.25, 0.3) is 0 Å². The van der Waals surface area contributed by atoms with Crippen molar-refractivity contribution in [1.29, 1.82) is 0 Å². The Morgan fingerprint density at radius 2 is 1.96 bits per heavy atom. The van der Waals surface area contributed by atoms with Gasteiger partial charge < -0.3 is 10.5 Å². The van der Waals surface area contributed by atoms with Crippen molar-refractivity contribution < 1.29 is 4.74 Å². The van der Waals surface area contributed by atoms with Gasteiger partial charge in [-0.05, 0) is 36.4 Å². The summed E-state index contributed by atoms with van der Waals surface area (Å²) in [5.41, 5.74) is 9.57. The highest BCUT2D eigenvalue weighted by molar-refractivity contribution is 9.10. The molecule has 8 heteroatoms. The average molecular weight is 428 g/mol. The zero-order valence-electron chi connectivity index (χ0n) is 13.8. The summed E-state index contributed by atoms with van der Waals surface area (Å²) in [6, 6.07) is 15.5. The van der Waals surface area contributed by atoms with Gasteiger partial charge in [0.2, 0.25) is 0 Å². The number of aromatic nitrogens is 4. The second-order valence-corrected chi connectivity index (χ2v) is 7.26. The highest BCUT2D eigenvalue weighted by atomic mass is 79.9. The van der Waals surface area contributed by atoms with Crippen molar-refractivity contribution in [2.24, 2.45) is 0 Å². The predicted octanol–water partition coefficient (Wildman–Crippen LogP) is 4.41. The molecule has 0 atom stereocenters. The molecule has 0 aliphatic carbocycles. The van der Waals surface area contributed by atoms with Gasteiger partial charge in [-0.1, -0.05) is 33.3 Å². The molecule has 0 saturated carbocycles. The van der Waals surface area contributed by atoms with Crippen molar-refractivity contribution in [3.8, 4) is 33.4 Å². The van der Waals surface area contributed by atoms with Crippen LogP contribution in [0.5, 0.6) is 5.75 Å². The first kappa shape index (κ1) is 16.7. The lowest BCUT2D eigenvalue weighted by Crippen LogP contribution is -2.02. The van der Waals surface area contributed by atoms with E-state index in [1.165, 1.54) is 11.3 Å². The summed E-state index contributed by atoms with van der Waals surface area (Å²) in [7, 11) is 1.63. The Balaban J connectivity index is 1.68. The second kappa shape index (κ2) is 6.89. The lowest BCUT2D eigenvalue weighted by molar-refractivity contribution is 0.414. The molecule has 2 aromatic heterocycles. The number of halogens is 1. The maximum Gasteiger partial charge on any atom is 0.165 e. The van der Waals surface area contributed by atoms with Gasteiger partial charge >= 0.3 is 0 Å². The molecule has 0 radical (unpaired) electrons. The van der Waals surface area contributed by atoms with Crippen LogP contribution in [-0.2, 0) is 0 Å². The lowest BCUT2D eigenvalue weighted by atomic mass is 10.2. The number of nitrogens with zero attached hydrogens (tertiary/aromatic N) is 4. The minimum atomic E-state index is 0.449. The molecule has 2 N–H and O–H groups in total. The van der Waals surface area contributed by atoms with Crippen LogP contribution in [0.3, 0.4) is 0 Å². The maximum absolute atomic E-state index is 6.28. The molecule has 0 spiro atoms. The minimum Gasteiger partial charge on any atom is -0.497 e. The predicted molar refractivity (Wildman–Crippen MR) is 107 cm³/mol. The van der Waals surface area contributed by atoms with Gasteiger partial charge in [-0.25, -0.2) is 4.98 Å². The molecule has 0 aliphatic heterocycles. The van der Waals surface area contributed by atoms with Gasteiger partial charge in [0, 0.05) is 15.4 Å². The van der Waals surface area contributed by atoms with Crippen molar-refractivity contribution in [2.45, 2.75) is 0 Å². The molecule has 0 bridgehead atoms. The molecule has 0 amide bonds. The Bertz CT molecular complexity index is 1060. The van der Waals surface area contributed by atoms with Gasteiger partial charge in [-0.3, -0.25) is 0 Å². The van der Waals surface area contributed by atoms with Crippen LogP contribution in [-0.4, -0.2) is 27.1 Å². The molecule has 26 heavy (non-hydrogen) atoms. The number of nitrogens with two attached hydrogens (primary N) is 1. The van der Waals surface area contributed by atoms with Crippen LogP contribution < -0.4 is 10.5 Å². The number of anilines is 1. The first-order chi connectivity index (χ1) is 12.7. The zero-order chi connectivity index (χ0) is 18.1. The molecule has 6 nitrogen and oxygen atoms in total. The molecular weight excluding hydrogens is 414 g/mol. The summed E-state index contributed by atoms with van der Waals surface area (Å²) in [6.07, 6.45) is 0. The third kappa shape index (κ3) is 3.09. The number of thiazole rings is 1. The summed E-state index contributed by atoms with van der Waals surface area (Å²) in [4.78, 5) is 4.67. The topological polar surface area (TPSA) is 78.8 Å². The monoisotopic (exact) mass is 427 g/mol. The Hall–Kier alpha value is -2.71. The summed E-state index contributed by atoms with van der Waals surface area (Å²) in [5.74, 6) is 1.22. The van der Waals surface area contributed by atoms with Crippen LogP contribution in [0.4, 0.5) is 5.82 Å². The molecule has 0 unspecified atom stereocenters. The summed E-state index contributed by atoms with van der Waals surface area (Å²) < 4.78 is 7.78. The number of nitrogen functional groups attached to an aromatic ring is 1. The smallest absolute Gasteiger partial charge is 0.165 e. The van der Waals surface area contributed by atoms with Crippen LogP contribution >= 0.6 is 27.3 Å². The zero-order valence-corrected chi connectivity index (χ0v) is 16.2. The second-order valence-electron chi connectivity index (χ2n) is 5.48. The highest BCUT2D eigenvalue weighted by Gasteiger charge is 2.17. The minimum absolute atomic E-state index is 0.449. The van der Waals surface area contributed by atoms with E-state index < -0.39 is 0 Å². The van der Waals surface area contributed by atoms with Crippen LogP contribution in [0.25, 0.3) is 27.6 Å². The largest absolute Gasteiger partial charge is 0.497 e. The Morgan fingerprint density at radius 1 is 1.15 bits per heavy atom. The molecule has 2 heterocycles. The molecule has 0 saturated heterocycles. The van der Waals surface area contributed by atoms with E-state index in [0.29, 0.717) is 11.5 Å². The number of hydrogen-bond acceptors (Lipinski definition) is 6. The van der Waals surface area contributed by atoms with E-state index in [2.05, 4.69) is 31.2 Å². The number of ether oxygens (including phenoxy) is 1. The van der Waals surface area contributed by atoms with E-state index >= 15 is 0 Å². The van der Waals surface area contributed by atoms with Crippen molar-refractivity contribution in [1.82, 2.24) is 20.0 Å². The number of hydrogen-bond donors (Lipinski definition) is 1. The standard InChI is InChI=1S/C18H14BrN5OS/c1-25-14-7-5-13(6-8-14)24-17(20)16(22-23-24)18-21-15(10-26-18)11-3-2-4-12(19)9-11/h2-10H,20H2,1H3. The number of rotatable bonds is 4. The number of benzene rings is 2. The van der Waals surface area contributed by atoms with Crippen LogP contribution in [0.1, 0.15) is 0 Å². The van der Waals surface area contributed by atoms with E-state index in [4.69, 9.17) is 10.5 Å². The third-order valence-electron chi connectivity index (χ3n) is 3.85. The van der Waals surface area contributed by atoms with Crippen molar-refractivity contribution in [3.63, 3.8) is 0 Å². The molecular formula is C18H14BrN5OS. The Labute approximate surface area is 162 Å². The lowest BCUT2D eigenvalue weighted by Gasteiger charge is -2.04. The van der Waals surface area contributed by atoms with E-state index in [0.717, 1.165) is 32.2 Å².